The summed E-state index contributed by atoms with van der Waals surface area (Å²) in [6.07, 6.45) is 2.32. The summed E-state index contributed by atoms with van der Waals surface area (Å²) in [5, 5.41) is 9.00. The van der Waals surface area contributed by atoms with Gasteiger partial charge >= 0.3 is 12.0 Å². The predicted octanol–water partition coefficient (Wildman–Crippen LogP) is 0.145. The summed E-state index contributed by atoms with van der Waals surface area (Å²) in [7, 11) is 0. The molecule has 0 aromatic carbocycles. The van der Waals surface area contributed by atoms with Crippen LogP contribution in [0.3, 0.4) is 0 Å². The molecule has 0 bridgehead atoms. The lowest BCUT2D eigenvalue weighted by molar-refractivity contribution is -0.155. The Balaban J connectivity index is 1.66. The van der Waals surface area contributed by atoms with Crippen LogP contribution in [0.15, 0.2) is 0 Å². The van der Waals surface area contributed by atoms with Crippen molar-refractivity contribution >= 4 is 12.0 Å². The van der Waals surface area contributed by atoms with Crippen LogP contribution in [0.1, 0.15) is 19.3 Å². The largest absolute Gasteiger partial charge is 0.479 e. The van der Waals surface area contributed by atoms with Gasteiger partial charge in [-0.25, -0.2) is 9.59 Å². The molecule has 7 nitrogen and oxygen atoms in total. The number of fused-ring (bicyclic) bond motifs is 1. The maximum Gasteiger partial charge on any atom is 0.334 e. The Morgan fingerprint density at radius 2 is 1.90 bits per heavy atom. The molecule has 1 saturated carbocycles. The topological polar surface area (TPSA) is 79.3 Å². The lowest BCUT2D eigenvalue weighted by Crippen LogP contribution is -2.58. The van der Waals surface area contributed by atoms with Crippen molar-refractivity contribution in [3.8, 4) is 0 Å². The molecule has 2 saturated heterocycles. The fourth-order valence-corrected chi connectivity index (χ4v) is 3.32. The van der Waals surface area contributed by atoms with Crippen molar-refractivity contribution < 1.29 is 24.2 Å². The quantitative estimate of drug-likeness (QED) is 0.741. The molecule has 0 aromatic rings. The lowest BCUT2D eigenvalue weighted by Gasteiger charge is -2.42. The van der Waals surface area contributed by atoms with Gasteiger partial charge in [0.2, 0.25) is 0 Å². The van der Waals surface area contributed by atoms with E-state index >= 15 is 0 Å². The van der Waals surface area contributed by atoms with E-state index in [1.54, 1.807) is 4.90 Å². The van der Waals surface area contributed by atoms with E-state index < -0.39 is 12.1 Å². The van der Waals surface area contributed by atoms with Gasteiger partial charge < -0.3 is 24.4 Å². The average molecular weight is 284 g/mol. The number of carbonyl (C=O) groups is 2. The number of amides is 2. The van der Waals surface area contributed by atoms with E-state index in [2.05, 4.69) is 0 Å². The van der Waals surface area contributed by atoms with Crippen molar-refractivity contribution in [1.82, 2.24) is 9.80 Å². The molecule has 3 rings (SSSR count). The number of hydrogen-bond donors (Lipinski definition) is 1. The van der Waals surface area contributed by atoms with Crippen molar-refractivity contribution in [1.29, 1.82) is 0 Å². The fraction of sp³-hybridized carbons (Fsp3) is 0.846. The maximum absolute atomic E-state index is 12.6. The highest BCUT2D eigenvalue weighted by Gasteiger charge is 2.41. The molecule has 7 heteroatoms. The van der Waals surface area contributed by atoms with Gasteiger partial charge in [0.05, 0.1) is 31.9 Å². The molecule has 20 heavy (non-hydrogen) atoms. The van der Waals surface area contributed by atoms with Crippen LogP contribution >= 0.6 is 0 Å². The normalized spacial score (nSPS) is 33.9. The van der Waals surface area contributed by atoms with Gasteiger partial charge in [0.15, 0.2) is 6.10 Å². The van der Waals surface area contributed by atoms with E-state index in [0.717, 1.165) is 19.3 Å². The highest BCUT2D eigenvalue weighted by molar-refractivity contribution is 5.78. The predicted molar refractivity (Wildman–Crippen MR) is 68.4 cm³/mol. The standard InChI is InChI=1S/C13H20N2O5/c16-12(17)11-8-14(4-6-20-11)13(18)15-5-7-19-10-3-1-2-9(10)15/h9-11H,1-8H2,(H,16,17). The van der Waals surface area contributed by atoms with Crippen molar-refractivity contribution in [2.24, 2.45) is 0 Å². The number of aliphatic carboxylic acids is 1. The molecule has 3 unspecified atom stereocenters. The van der Waals surface area contributed by atoms with Gasteiger partial charge in [0, 0.05) is 13.1 Å². The lowest BCUT2D eigenvalue weighted by atomic mass is 10.1. The second kappa shape index (κ2) is 5.57. The first-order valence-corrected chi connectivity index (χ1v) is 7.18. The van der Waals surface area contributed by atoms with Gasteiger partial charge in [-0.15, -0.1) is 0 Å². The molecule has 0 spiro atoms. The average Bonchev–Trinajstić information content (AvgIpc) is 2.95. The molecule has 3 atom stereocenters. The Hall–Kier alpha value is -1.34. The van der Waals surface area contributed by atoms with Gasteiger partial charge in [0.1, 0.15) is 0 Å². The SMILES string of the molecule is O=C(O)C1CN(C(=O)N2CCOC3CCCC32)CCO1. The van der Waals surface area contributed by atoms with Crippen LogP contribution in [0.4, 0.5) is 4.79 Å². The van der Waals surface area contributed by atoms with Crippen LogP contribution in [0.25, 0.3) is 0 Å². The minimum Gasteiger partial charge on any atom is -0.479 e. The zero-order valence-corrected chi connectivity index (χ0v) is 11.4. The number of nitrogens with zero attached hydrogens (tertiary/aromatic N) is 2. The van der Waals surface area contributed by atoms with Crippen LogP contribution in [-0.2, 0) is 14.3 Å². The van der Waals surface area contributed by atoms with Crippen LogP contribution in [0, 0.1) is 0 Å². The van der Waals surface area contributed by atoms with Gasteiger partial charge in [-0.05, 0) is 19.3 Å². The first-order chi connectivity index (χ1) is 9.66. The number of urea groups is 1. The van der Waals surface area contributed by atoms with Gasteiger partial charge in [-0.3, -0.25) is 0 Å². The van der Waals surface area contributed by atoms with E-state index in [4.69, 9.17) is 14.6 Å². The summed E-state index contributed by atoms with van der Waals surface area (Å²) in [6.45, 7) is 2.02. The molecule has 0 aromatic heterocycles. The zero-order chi connectivity index (χ0) is 14.1. The highest BCUT2D eigenvalue weighted by Crippen LogP contribution is 2.30. The Morgan fingerprint density at radius 1 is 1.10 bits per heavy atom. The van der Waals surface area contributed by atoms with Gasteiger partial charge in [-0.1, -0.05) is 0 Å². The van der Waals surface area contributed by atoms with Gasteiger partial charge in [0.25, 0.3) is 0 Å². The third-order valence-corrected chi connectivity index (χ3v) is 4.34. The van der Waals surface area contributed by atoms with E-state index in [-0.39, 0.29) is 31.3 Å². The summed E-state index contributed by atoms with van der Waals surface area (Å²) in [5.74, 6) is -1.01. The van der Waals surface area contributed by atoms with Crippen molar-refractivity contribution in [3.63, 3.8) is 0 Å². The first kappa shape index (κ1) is 13.6. The van der Waals surface area contributed by atoms with E-state index in [1.807, 2.05) is 4.90 Å². The Morgan fingerprint density at radius 3 is 2.70 bits per heavy atom. The van der Waals surface area contributed by atoms with Crippen LogP contribution in [0.2, 0.25) is 0 Å². The molecular weight excluding hydrogens is 264 g/mol. The summed E-state index contributed by atoms with van der Waals surface area (Å²) >= 11 is 0. The fourth-order valence-electron chi connectivity index (χ4n) is 3.32. The number of carbonyl (C=O) groups excluding carboxylic acids is 1. The second-order valence-electron chi connectivity index (χ2n) is 5.53. The third kappa shape index (κ3) is 2.47. The molecule has 2 heterocycles. The number of rotatable bonds is 1. The Bertz CT molecular complexity index is 402. The summed E-state index contributed by atoms with van der Waals surface area (Å²) in [6, 6.07) is 0.0853. The summed E-state index contributed by atoms with van der Waals surface area (Å²) in [4.78, 5) is 27.1. The smallest absolute Gasteiger partial charge is 0.334 e. The van der Waals surface area contributed by atoms with E-state index in [9.17, 15) is 9.59 Å². The number of carboxylic acid groups (broad SMARTS) is 1. The van der Waals surface area contributed by atoms with Gasteiger partial charge in [-0.2, -0.15) is 0 Å². The third-order valence-electron chi connectivity index (χ3n) is 4.34. The molecule has 3 fully saturated rings. The van der Waals surface area contributed by atoms with Crippen molar-refractivity contribution in [2.75, 3.05) is 32.8 Å². The Kier molecular flexibility index (Phi) is 3.80. The highest BCUT2D eigenvalue weighted by atomic mass is 16.5. The molecule has 1 aliphatic carbocycles. The summed E-state index contributed by atoms with van der Waals surface area (Å²) in [5.41, 5.74) is 0. The Labute approximate surface area is 117 Å². The number of morpholine rings is 2. The molecule has 0 radical (unpaired) electrons. The minimum absolute atomic E-state index is 0.0697. The monoisotopic (exact) mass is 284 g/mol. The van der Waals surface area contributed by atoms with Crippen LogP contribution < -0.4 is 0 Å². The number of ether oxygens (including phenoxy) is 2. The molecule has 112 valence electrons. The van der Waals surface area contributed by atoms with E-state index in [1.165, 1.54) is 0 Å². The number of carboxylic acids is 1. The maximum atomic E-state index is 12.6. The zero-order valence-electron chi connectivity index (χ0n) is 11.4. The first-order valence-electron chi connectivity index (χ1n) is 7.18. The van der Waals surface area contributed by atoms with Crippen LogP contribution in [0.5, 0.6) is 0 Å². The molecule has 2 amide bonds. The minimum atomic E-state index is -1.01. The molecule has 2 aliphatic heterocycles. The second-order valence-corrected chi connectivity index (χ2v) is 5.53. The van der Waals surface area contributed by atoms with Crippen molar-refractivity contribution in [2.45, 2.75) is 37.5 Å². The van der Waals surface area contributed by atoms with E-state index in [0.29, 0.717) is 19.7 Å². The summed E-state index contributed by atoms with van der Waals surface area (Å²) < 4.78 is 10.9. The molecule has 3 aliphatic rings. The molecule has 1 N–H and O–H groups in total. The number of hydrogen-bond acceptors (Lipinski definition) is 4. The van der Waals surface area contributed by atoms with Crippen molar-refractivity contribution in [3.05, 3.63) is 0 Å². The van der Waals surface area contributed by atoms with Crippen LogP contribution in [-0.4, -0.2) is 78.0 Å². The molecular formula is C13H20N2O5.